The van der Waals surface area contributed by atoms with E-state index in [0.29, 0.717) is 0 Å². The first-order chi connectivity index (χ1) is 9.61. The Hall–Kier alpha value is -1.29. The molecule has 0 fully saturated rings. The Morgan fingerprint density at radius 3 is 2.70 bits per heavy atom. The van der Waals surface area contributed by atoms with Crippen molar-refractivity contribution >= 4 is 11.6 Å². The number of aryl methyl sites for hydroxylation is 4. The predicted molar refractivity (Wildman–Crippen MR) is 80.3 cm³/mol. The summed E-state index contributed by atoms with van der Waals surface area (Å²) >= 11 is 6.47. The molecule has 0 atom stereocenters. The van der Waals surface area contributed by atoms with Gasteiger partial charge in [-0.15, -0.1) is 0 Å². The lowest BCUT2D eigenvalue weighted by Crippen LogP contribution is -2.12. The number of imidazole rings is 1. The molecule has 4 nitrogen and oxygen atoms in total. The molecule has 1 aliphatic carbocycles. The van der Waals surface area contributed by atoms with Crippen molar-refractivity contribution in [3.05, 3.63) is 33.6 Å². The third-order valence-electron chi connectivity index (χ3n) is 4.23. The predicted octanol–water partition coefficient (Wildman–Crippen LogP) is 3.07. The molecular formula is C15H21ClN4. The van der Waals surface area contributed by atoms with Gasteiger partial charge in [-0.2, -0.15) is 5.10 Å². The Labute approximate surface area is 124 Å². The molecule has 0 amide bonds. The number of nitrogens with zero attached hydrogens (tertiary/aromatic N) is 4. The first kappa shape index (κ1) is 13.7. The molecule has 0 radical (unpaired) electrons. The molecule has 0 saturated carbocycles. The molecule has 5 heteroatoms. The Morgan fingerprint density at radius 2 is 2.00 bits per heavy atom. The van der Waals surface area contributed by atoms with Gasteiger partial charge in [0.1, 0.15) is 5.82 Å². The molecule has 1 aliphatic rings. The standard InChI is InChI=1S/C15H21ClN4/c1-4-11-15(16)14(19(3)18-11)9-20-10(2)17-12-7-5-6-8-13(12)20/h4-9H2,1-3H3. The SMILES string of the molecule is CCc1nn(C)c(Cn2c(C)nc3c2CCCC3)c1Cl. The van der Waals surface area contributed by atoms with Crippen LogP contribution in [-0.4, -0.2) is 19.3 Å². The normalized spacial score (nSPS) is 14.6. The van der Waals surface area contributed by atoms with Crippen LogP contribution in [0, 0.1) is 6.92 Å². The van der Waals surface area contributed by atoms with Crippen LogP contribution >= 0.6 is 11.6 Å². The smallest absolute Gasteiger partial charge is 0.106 e. The van der Waals surface area contributed by atoms with Crippen molar-refractivity contribution in [3.63, 3.8) is 0 Å². The van der Waals surface area contributed by atoms with Crippen molar-refractivity contribution in [2.75, 3.05) is 0 Å². The minimum Gasteiger partial charge on any atom is -0.326 e. The van der Waals surface area contributed by atoms with Gasteiger partial charge in [-0.3, -0.25) is 4.68 Å². The van der Waals surface area contributed by atoms with Gasteiger partial charge in [0, 0.05) is 12.7 Å². The van der Waals surface area contributed by atoms with E-state index < -0.39 is 0 Å². The number of halogens is 1. The van der Waals surface area contributed by atoms with E-state index in [1.165, 1.54) is 24.2 Å². The lowest BCUT2D eigenvalue weighted by atomic mass is 10.0. The number of aromatic nitrogens is 4. The monoisotopic (exact) mass is 292 g/mol. The highest BCUT2D eigenvalue weighted by molar-refractivity contribution is 6.31. The van der Waals surface area contributed by atoms with E-state index in [0.717, 1.165) is 48.0 Å². The molecule has 2 heterocycles. The summed E-state index contributed by atoms with van der Waals surface area (Å²) in [6.07, 6.45) is 5.63. The van der Waals surface area contributed by atoms with Crippen LogP contribution < -0.4 is 0 Å². The van der Waals surface area contributed by atoms with Crippen LogP contribution in [0.25, 0.3) is 0 Å². The minimum atomic E-state index is 0.774. The summed E-state index contributed by atoms with van der Waals surface area (Å²) in [5.41, 5.74) is 4.74. The molecule has 0 unspecified atom stereocenters. The number of rotatable bonds is 3. The number of hydrogen-bond donors (Lipinski definition) is 0. The second kappa shape index (κ2) is 5.24. The zero-order chi connectivity index (χ0) is 14.3. The highest BCUT2D eigenvalue weighted by Crippen LogP contribution is 2.26. The van der Waals surface area contributed by atoms with Crippen LogP contribution in [0.4, 0.5) is 0 Å². The second-order valence-corrected chi connectivity index (χ2v) is 5.91. The van der Waals surface area contributed by atoms with Gasteiger partial charge < -0.3 is 4.57 Å². The topological polar surface area (TPSA) is 35.6 Å². The molecule has 0 saturated heterocycles. The summed E-state index contributed by atoms with van der Waals surface area (Å²) in [7, 11) is 1.97. The molecule has 3 rings (SSSR count). The maximum Gasteiger partial charge on any atom is 0.106 e. The van der Waals surface area contributed by atoms with E-state index in [-0.39, 0.29) is 0 Å². The molecular weight excluding hydrogens is 272 g/mol. The van der Waals surface area contributed by atoms with Crippen molar-refractivity contribution in [1.29, 1.82) is 0 Å². The van der Waals surface area contributed by atoms with Gasteiger partial charge in [0.15, 0.2) is 0 Å². The molecule has 0 spiro atoms. The quantitative estimate of drug-likeness (QED) is 0.871. The largest absolute Gasteiger partial charge is 0.326 e. The summed E-state index contributed by atoms with van der Waals surface area (Å²) in [4.78, 5) is 4.72. The van der Waals surface area contributed by atoms with Gasteiger partial charge in [0.2, 0.25) is 0 Å². The van der Waals surface area contributed by atoms with Crippen LogP contribution in [0.2, 0.25) is 5.02 Å². The molecule has 2 aromatic rings. The van der Waals surface area contributed by atoms with Gasteiger partial charge in [0.25, 0.3) is 0 Å². The van der Waals surface area contributed by atoms with E-state index in [1.807, 2.05) is 11.7 Å². The maximum absolute atomic E-state index is 6.47. The zero-order valence-corrected chi connectivity index (χ0v) is 13.2. The van der Waals surface area contributed by atoms with E-state index in [2.05, 4.69) is 23.5 Å². The van der Waals surface area contributed by atoms with Crippen molar-refractivity contribution < 1.29 is 0 Å². The van der Waals surface area contributed by atoms with E-state index in [9.17, 15) is 0 Å². The fourth-order valence-corrected chi connectivity index (χ4v) is 3.44. The first-order valence-electron chi connectivity index (χ1n) is 7.37. The van der Waals surface area contributed by atoms with Crippen LogP contribution in [0.5, 0.6) is 0 Å². The van der Waals surface area contributed by atoms with Gasteiger partial charge >= 0.3 is 0 Å². The third-order valence-corrected chi connectivity index (χ3v) is 4.67. The highest BCUT2D eigenvalue weighted by Gasteiger charge is 2.20. The van der Waals surface area contributed by atoms with Gasteiger partial charge in [-0.1, -0.05) is 18.5 Å². The average Bonchev–Trinajstić information content (AvgIpc) is 2.90. The molecule has 0 N–H and O–H groups in total. The fraction of sp³-hybridized carbons (Fsp3) is 0.600. The summed E-state index contributed by atoms with van der Waals surface area (Å²) in [6, 6.07) is 0. The summed E-state index contributed by atoms with van der Waals surface area (Å²) < 4.78 is 4.23. The van der Waals surface area contributed by atoms with Gasteiger partial charge in [-0.05, 0) is 39.0 Å². The Bertz CT molecular complexity index is 639. The average molecular weight is 293 g/mol. The van der Waals surface area contributed by atoms with Crippen LogP contribution in [-0.2, 0) is 32.9 Å². The van der Waals surface area contributed by atoms with E-state index >= 15 is 0 Å². The van der Waals surface area contributed by atoms with Gasteiger partial charge in [-0.25, -0.2) is 4.98 Å². The zero-order valence-electron chi connectivity index (χ0n) is 12.4. The third kappa shape index (κ3) is 2.16. The first-order valence-corrected chi connectivity index (χ1v) is 7.74. The number of hydrogen-bond acceptors (Lipinski definition) is 2. The second-order valence-electron chi connectivity index (χ2n) is 5.53. The molecule has 20 heavy (non-hydrogen) atoms. The minimum absolute atomic E-state index is 0.774. The lowest BCUT2D eigenvalue weighted by Gasteiger charge is -2.15. The van der Waals surface area contributed by atoms with Crippen molar-refractivity contribution in [2.45, 2.75) is 52.5 Å². The molecule has 0 bridgehead atoms. The lowest BCUT2D eigenvalue weighted by molar-refractivity contribution is 0.600. The van der Waals surface area contributed by atoms with Crippen molar-refractivity contribution in [2.24, 2.45) is 7.05 Å². The summed E-state index contributed by atoms with van der Waals surface area (Å²) in [5.74, 6) is 1.09. The number of fused-ring (bicyclic) bond motifs is 1. The molecule has 0 aliphatic heterocycles. The Kier molecular flexibility index (Phi) is 3.59. The Morgan fingerprint density at radius 1 is 1.25 bits per heavy atom. The van der Waals surface area contributed by atoms with Crippen LogP contribution in [0.1, 0.15) is 48.4 Å². The van der Waals surface area contributed by atoms with Crippen LogP contribution in [0.3, 0.4) is 0 Å². The maximum atomic E-state index is 6.47. The summed E-state index contributed by atoms with van der Waals surface area (Å²) in [5, 5.41) is 5.31. The molecule has 2 aromatic heterocycles. The van der Waals surface area contributed by atoms with Gasteiger partial charge in [0.05, 0.1) is 28.6 Å². The molecule has 108 valence electrons. The highest BCUT2D eigenvalue weighted by atomic mass is 35.5. The summed E-state index contributed by atoms with van der Waals surface area (Å²) in [6.45, 7) is 4.95. The van der Waals surface area contributed by atoms with Crippen molar-refractivity contribution in [3.8, 4) is 0 Å². The fourth-order valence-electron chi connectivity index (χ4n) is 3.09. The Balaban J connectivity index is 2.00. The molecule has 0 aromatic carbocycles. The van der Waals surface area contributed by atoms with Crippen molar-refractivity contribution in [1.82, 2.24) is 19.3 Å². The van der Waals surface area contributed by atoms with E-state index in [1.54, 1.807) is 0 Å². The van der Waals surface area contributed by atoms with E-state index in [4.69, 9.17) is 16.6 Å². The van der Waals surface area contributed by atoms with Crippen LogP contribution in [0.15, 0.2) is 0 Å².